The normalized spacial score (nSPS) is 10.9. The lowest BCUT2D eigenvalue weighted by atomic mass is 9.99. The van der Waals surface area contributed by atoms with Gasteiger partial charge in [0.2, 0.25) is 0 Å². The maximum absolute atomic E-state index is 14.4. The number of ether oxygens (including phenoxy) is 2. The van der Waals surface area contributed by atoms with Gasteiger partial charge in [-0.15, -0.1) is 0 Å². The third-order valence-electron chi connectivity index (χ3n) is 5.09. The summed E-state index contributed by atoms with van der Waals surface area (Å²) < 4.78 is 30.6. The molecule has 1 aromatic heterocycles. The minimum absolute atomic E-state index is 0.110. The minimum atomic E-state index is -0.431. The molecular formula is C25H22FNO4. The summed E-state index contributed by atoms with van der Waals surface area (Å²) in [5.41, 5.74) is 10.4. The average Bonchev–Trinajstić information content (AvgIpc) is 3.18. The summed E-state index contributed by atoms with van der Waals surface area (Å²) in [6.45, 7) is 0.603. The Morgan fingerprint density at radius 2 is 1.90 bits per heavy atom. The summed E-state index contributed by atoms with van der Waals surface area (Å²) in [7, 11) is 1.35. The molecule has 0 spiro atoms. The number of carbonyl (C=O) groups is 1. The summed E-state index contributed by atoms with van der Waals surface area (Å²) in [5.74, 6) is -0.202. The molecule has 0 aliphatic heterocycles. The predicted octanol–water partition coefficient (Wildman–Crippen LogP) is 4.99. The van der Waals surface area contributed by atoms with E-state index in [1.54, 1.807) is 12.1 Å². The van der Waals surface area contributed by atoms with Crippen LogP contribution in [-0.2, 0) is 29.1 Å². The molecule has 0 aliphatic carbocycles. The van der Waals surface area contributed by atoms with Gasteiger partial charge in [0.25, 0.3) is 0 Å². The van der Waals surface area contributed by atoms with Crippen molar-refractivity contribution in [1.82, 2.24) is 0 Å². The van der Waals surface area contributed by atoms with Crippen molar-refractivity contribution >= 4 is 16.9 Å². The van der Waals surface area contributed by atoms with Crippen molar-refractivity contribution in [3.8, 4) is 16.9 Å². The number of rotatable bonds is 7. The molecule has 5 nitrogen and oxygen atoms in total. The van der Waals surface area contributed by atoms with Crippen LogP contribution in [0.5, 0.6) is 5.75 Å². The van der Waals surface area contributed by atoms with E-state index < -0.39 is 5.82 Å². The Kier molecular flexibility index (Phi) is 6.00. The summed E-state index contributed by atoms with van der Waals surface area (Å²) in [6, 6.07) is 18.7. The molecule has 0 radical (unpaired) electrons. The molecule has 0 saturated carbocycles. The van der Waals surface area contributed by atoms with Gasteiger partial charge in [-0.1, -0.05) is 36.4 Å². The molecule has 4 rings (SSSR count). The molecule has 0 unspecified atom stereocenters. The van der Waals surface area contributed by atoms with E-state index in [-0.39, 0.29) is 19.0 Å². The summed E-state index contributed by atoms with van der Waals surface area (Å²) in [4.78, 5) is 11.7. The molecule has 1 heterocycles. The molecule has 6 heteroatoms. The topological polar surface area (TPSA) is 74.7 Å². The Morgan fingerprint density at radius 3 is 2.71 bits per heavy atom. The molecule has 0 amide bonds. The van der Waals surface area contributed by atoms with Gasteiger partial charge in [0.1, 0.15) is 24.2 Å². The Bertz CT molecular complexity index is 1230. The molecule has 0 saturated heterocycles. The van der Waals surface area contributed by atoms with Crippen LogP contribution in [0.4, 0.5) is 4.39 Å². The maximum atomic E-state index is 14.4. The lowest BCUT2D eigenvalue weighted by Crippen LogP contribution is -2.07. The van der Waals surface area contributed by atoms with Crippen molar-refractivity contribution in [2.75, 3.05) is 7.11 Å². The number of hydrogen-bond acceptors (Lipinski definition) is 5. The first-order valence-corrected chi connectivity index (χ1v) is 9.85. The van der Waals surface area contributed by atoms with Crippen LogP contribution in [0.2, 0.25) is 0 Å². The van der Waals surface area contributed by atoms with Crippen LogP contribution in [0.3, 0.4) is 0 Å². The summed E-state index contributed by atoms with van der Waals surface area (Å²) in [6.07, 6.45) is 1.22. The van der Waals surface area contributed by atoms with Crippen LogP contribution in [0.25, 0.3) is 22.1 Å². The Hall–Kier alpha value is -3.64. The van der Waals surface area contributed by atoms with Crippen LogP contribution in [0, 0.1) is 5.82 Å². The average molecular weight is 419 g/mol. The SMILES string of the molecule is COC(=O)Cc1ccccc1OCc1cc(-c2cccc(CN)c2)c2occ(F)c2c1. The lowest BCUT2D eigenvalue weighted by molar-refractivity contribution is -0.139. The fourth-order valence-electron chi connectivity index (χ4n) is 3.51. The minimum Gasteiger partial charge on any atom is -0.489 e. The molecule has 0 fully saturated rings. The fourth-order valence-corrected chi connectivity index (χ4v) is 3.51. The summed E-state index contributed by atoms with van der Waals surface area (Å²) >= 11 is 0. The van der Waals surface area contributed by atoms with Crippen LogP contribution < -0.4 is 10.5 Å². The van der Waals surface area contributed by atoms with Gasteiger partial charge in [-0.05, 0) is 41.0 Å². The van der Waals surface area contributed by atoms with Crippen molar-refractivity contribution in [1.29, 1.82) is 0 Å². The number of nitrogens with two attached hydrogens (primary N) is 1. The molecule has 158 valence electrons. The number of hydrogen-bond donors (Lipinski definition) is 1. The molecule has 0 bridgehead atoms. The van der Waals surface area contributed by atoms with E-state index >= 15 is 0 Å². The zero-order valence-electron chi connectivity index (χ0n) is 17.1. The molecular weight excluding hydrogens is 397 g/mol. The summed E-state index contributed by atoms with van der Waals surface area (Å²) in [5, 5.41) is 0.386. The molecule has 0 aliphatic rings. The largest absolute Gasteiger partial charge is 0.489 e. The highest BCUT2D eigenvalue weighted by Gasteiger charge is 2.15. The molecule has 31 heavy (non-hydrogen) atoms. The van der Waals surface area contributed by atoms with E-state index in [9.17, 15) is 9.18 Å². The third kappa shape index (κ3) is 4.44. The van der Waals surface area contributed by atoms with Gasteiger partial charge < -0.3 is 19.6 Å². The van der Waals surface area contributed by atoms with E-state index in [1.165, 1.54) is 7.11 Å². The highest BCUT2D eigenvalue weighted by Crippen LogP contribution is 2.33. The predicted molar refractivity (Wildman–Crippen MR) is 116 cm³/mol. The Balaban J connectivity index is 1.68. The molecule has 4 aromatic rings. The number of fused-ring (bicyclic) bond motifs is 1. The zero-order valence-corrected chi connectivity index (χ0v) is 17.1. The number of halogens is 1. The van der Waals surface area contributed by atoms with Crippen molar-refractivity contribution in [2.45, 2.75) is 19.6 Å². The second kappa shape index (κ2) is 9.02. The first kappa shape index (κ1) is 20.6. The van der Waals surface area contributed by atoms with E-state index in [4.69, 9.17) is 19.6 Å². The highest BCUT2D eigenvalue weighted by molar-refractivity contribution is 5.93. The van der Waals surface area contributed by atoms with E-state index in [1.807, 2.05) is 48.5 Å². The van der Waals surface area contributed by atoms with Gasteiger partial charge in [0.15, 0.2) is 5.82 Å². The first-order chi connectivity index (χ1) is 15.1. The Morgan fingerprint density at radius 1 is 1.06 bits per heavy atom. The van der Waals surface area contributed by atoms with E-state index in [0.29, 0.717) is 23.3 Å². The molecule has 0 atom stereocenters. The van der Waals surface area contributed by atoms with Gasteiger partial charge in [-0.2, -0.15) is 0 Å². The van der Waals surface area contributed by atoms with Crippen molar-refractivity contribution in [2.24, 2.45) is 5.73 Å². The van der Waals surface area contributed by atoms with Crippen LogP contribution >= 0.6 is 0 Å². The van der Waals surface area contributed by atoms with Crippen molar-refractivity contribution in [3.63, 3.8) is 0 Å². The van der Waals surface area contributed by atoms with Gasteiger partial charge in [0.05, 0.1) is 18.9 Å². The van der Waals surface area contributed by atoms with Crippen LogP contribution in [0.1, 0.15) is 16.7 Å². The van der Waals surface area contributed by atoms with Crippen molar-refractivity contribution < 1.29 is 23.1 Å². The van der Waals surface area contributed by atoms with Crippen LogP contribution in [0.15, 0.2) is 71.3 Å². The smallest absolute Gasteiger partial charge is 0.310 e. The maximum Gasteiger partial charge on any atom is 0.310 e. The quantitative estimate of drug-likeness (QED) is 0.427. The van der Waals surface area contributed by atoms with E-state index in [2.05, 4.69) is 0 Å². The van der Waals surface area contributed by atoms with Crippen LogP contribution in [-0.4, -0.2) is 13.1 Å². The lowest BCUT2D eigenvalue weighted by Gasteiger charge is -2.12. The number of benzene rings is 3. The zero-order chi connectivity index (χ0) is 21.8. The Labute approximate surface area is 179 Å². The van der Waals surface area contributed by atoms with E-state index in [0.717, 1.165) is 34.1 Å². The third-order valence-corrected chi connectivity index (χ3v) is 5.09. The number of methoxy groups -OCH3 is 1. The number of esters is 1. The standard InChI is InChI=1S/C25H22FNO4/c1-29-24(28)12-19-6-2-3-8-23(19)30-14-17-10-20(18-7-4-5-16(9-18)13-27)25-21(11-17)22(26)15-31-25/h2-11,15H,12-14,27H2,1H3. The highest BCUT2D eigenvalue weighted by atomic mass is 19.1. The number of carbonyl (C=O) groups excluding carboxylic acids is 1. The fraction of sp³-hybridized carbons (Fsp3) is 0.160. The molecule has 2 N–H and O–H groups in total. The second-order valence-electron chi connectivity index (χ2n) is 7.16. The van der Waals surface area contributed by atoms with Gasteiger partial charge in [0, 0.05) is 17.7 Å². The van der Waals surface area contributed by atoms with Gasteiger partial charge in [-0.25, -0.2) is 4.39 Å². The number of para-hydroxylation sites is 1. The monoisotopic (exact) mass is 419 g/mol. The second-order valence-corrected chi connectivity index (χ2v) is 7.16. The number of furan rings is 1. The van der Waals surface area contributed by atoms with Gasteiger partial charge in [-0.3, -0.25) is 4.79 Å². The van der Waals surface area contributed by atoms with Crippen molar-refractivity contribution in [3.05, 3.63) is 89.4 Å². The first-order valence-electron chi connectivity index (χ1n) is 9.85. The molecule has 3 aromatic carbocycles. The van der Waals surface area contributed by atoms with Gasteiger partial charge >= 0.3 is 5.97 Å².